The van der Waals surface area contributed by atoms with Gasteiger partial charge in [-0.25, -0.2) is 0 Å². The Labute approximate surface area is 97.5 Å². The zero-order valence-corrected chi connectivity index (χ0v) is 9.21. The minimum Gasteiger partial charge on any atom is -0.332 e. The minimum absolute atomic E-state index is 0.443. The van der Waals surface area contributed by atoms with Gasteiger partial charge in [-0.15, -0.1) is 0 Å². The molecule has 0 bridgehead atoms. The van der Waals surface area contributed by atoms with Crippen molar-refractivity contribution >= 4 is 0 Å². The number of hydrogen-bond acceptors (Lipinski definition) is 4. The van der Waals surface area contributed by atoms with E-state index in [1.165, 1.54) is 5.56 Å². The van der Waals surface area contributed by atoms with Crippen molar-refractivity contribution in [3.63, 3.8) is 0 Å². The molecule has 0 atom stereocenters. The number of nitrogens with zero attached hydrogens (tertiary/aromatic N) is 3. The van der Waals surface area contributed by atoms with Crippen LogP contribution in [-0.4, -0.2) is 20.3 Å². The highest BCUT2D eigenvalue weighted by molar-refractivity contribution is 5.57. The summed E-state index contributed by atoms with van der Waals surface area (Å²) in [5, 5.41) is 10.6. The highest BCUT2D eigenvalue weighted by Gasteiger charge is 2.10. The third kappa shape index (κ3) is 1.82. The van der Waals surface area contributed by atoms with Crippen molar-refractivity contribution in [3.8, 4) is 23.0 Å². The van der Waals surface area contributed by atoms with Gasteiger partial charge in [0.25, 0.3) is 5.89 Å². The summed E-state index contributed by atoms with van der Waals surface area (Å²) in [4.78, 5) is 4.30. The standard InChI is InChI=1S/C12H10N4O/c1-8-2-4-9(5-3-8)11-14-12(17-16-11)10-6-7-13-15-10/h2-7H,1H3,(H,13,15). The molecule has 0 unspecified atom stereocenters. The summed E-state index contributed by atoms with van der Waals surface area (Å²) in [6, 6.07) is 9.75. The highest BCUT2D eigenvalue weighted by Crippen LogP contribution is 2.20. The van der Waals surface area contributed by atoms with Crippen LogP contribution in [-0.2, 0) is 0 Å². The molecule has 0 aliphatic rings. The molecule has 0 aliphatic heterocycles. The normalized spacial score (nSPS) is 10.6. The maximum absolute atomic E-state index is 5.16. The van der Waals surface area contributed by atoms with Crippen molar-refractivity contribution in [1.82, 2.24) is 20.3 Å². The van der Waals surface area contributed by atoms with Crippen LogP contribution in [0.25, 0.3) is 23.0 Å². The monoisotopic (exact) mass is 226 g/mol. The molecule has 5 nitrogen and oxygen atoms in total. The van der Waals surface area contributed by atoms with Crippen molar-refractivity contribution in [2.24, 2.45) is 0 Å². The second-order valence-electron chi connectivity index (χ2n) is 3.76. The first-order valence-corrected chi connectivity index (χ1v) is 5.23. The van der Waals surface area contributed by atoms with Crippen molar-refractivity contribution in [2.45, 2.75) is 6.92 Å². The first-order valence-electron chi connectivity index (χ1n) is 5.23. The van der Waals surface area contributed by atoms with Crippen molar-refractivity contribution in [3.05, 3.63) is 42.1 Å². The number of benzene rings is 1. The number of rotatable bonds is 2. The van der Waals surface area contributed by atoms with Crippen LogP contribution in [0.1, 0.15) is 5.56 Å². The first kappa shape index (κ1) is 9.77. The molecule has 84 valence electrons. The molecule has 0 saturated carbocycles. The van der Waals surface area contributed by atoms with Crippen LogP contribution in [0.15, 0.2) is 41.1 Å². The van der Waals surface area contributed by atoms with E-state index in [0.717, 1.165) is 11.3 Å². The van der Waals surface area contributed by atoms with Crippen molar-refractivity contribution in [2.75, 3.05) is 0 Å². The smallest absolute Gasteiger partial charge is 0.276 e. The van der Waals surface area contributed by atoms with E-state index in [4.69, 9.17) is 4.52 Å². The molecular formula is C12H10N4O. The molecule has 0 fully saturated rings. The van der Waals surface area contributed by atoms with Gasteiger partial charge in [-0.3, -0.25) is 5.10 Å². The average Bonchev–Trinajstić information content (AvgIpc) is 3.00. The molecule has 0 amide bonds. The van der Waals surface area contributed by atoms with Gasteiger partial charge in [-0.05, 0) is 13.0 Å². The van der Waals surface area contributed by atoms with E-state index in [2.05, 4.69) is 20.3 Å². The molecule has 3 aromatic rings. The van der Waals surface area contributed by atoms with E-state index in [1.807, 2.05) is 31.2 Å². The second-order valence-corrected chi connectivity index (χ2v) is 3.76. The molecule has 3 rings (SSSR count). The molecule has 1 N–H and O–H groups in total. The number of hydrogen-bond donors (Lipinski definition) is 1. The fourth-order valence-electron chi connectivity index (χ4n) is 1.53. The molecular weight excluding hydrogens is 216 g/mol. The average molecular weight is 226 g/mol. The topological polar surface area (TPSA) is 67.6 Å². The fraction of sp³-hybridized carbons (Fsp3) is 0.0833. The summed E-state index contributed by atoms with van der Waals surface area (Å²) < 4.78 is 5.16. The number of aromatic nitrogens is 4. The van der Waals surface area contributed by atoms with E-state index in [1.54, 1.807) is 12.3 Å². The van der Waals surface area contributed by atoms with Crippen LogP contribution in [0.2, 0.25) is 0 Å². The zero-order chi connectivity index (χ0) is 11.7. The molecule has 2 heterocycles. The predicted molar refractivity (Wildman–Crippen MR) is 62.1 cm³/mol. The third-order valence-electron chi connectivity index (χ3n) is 2.47. The Bertz CT molecular complexity index is 610. The van der Waals surface area contributed by atoms with Crippen LogP contribution in [0.4, 0.5) is 0 Å². The largest absolute Gasteiger partial charge is 0.332 e. The number of H-pyrrole nitrogens is 1. The minimum atomic E-state index is 0.443. The summed E-state index contributed by atoms with van der Waals surface area (Å²) in [6.07, 6.45) is 1.64. The number of nitrogens with one attached hydrogen (secondary N) is 1. The Hall–Kier alpha value is -2.43. The van der Waals surface area contributed by atoms with Gasteiger partial charge < -0.3 is 4.52 Å². The van der Waals surface area contributed by atoms with Gasteiger partial charge >= 0.3 is 0 Å². The van der Waals surface area contributed by atoms with Crippen LogP contribution >= 0.6 is 0 Å². The molecule has 0 saturated heterocycles. The van der Waals surface area contributed by atoms with Gasteiger partial charge in [-0.2, -0.15) is 10.1 Å². The lowest BCUT2D eigenvalue weighted by Gasteiger charge is -1.94. The molecule has 0 radical (unpaired) electrons. The summed E-state index contributed by atoms with van der Waals surface area (Å²) in [6.45, 7) is 2.04. The molecule has 0 spiro atoms. The van der Waals surface area contributed by atoms with E-state index in [-0.39, 0.29) is 0 Å². The third-order valence-corrected chi connectivity index (χ3v) is 2.47. The van der Waals surface area contributed by atoms with Gasteiger partial charge in [-0.1, -0.05) is 35.0 Å². The van der Waals surface area contributed by atoms with Crippen LogP contribution in [0, 0.1) is 6.92 Å². The molecule has 17 heavy (non-hydrogen) atoms. The first-order chi connectivity index (χ1) is 8.33. The van der Waals surface area contributed by atoms with E-state index < -0.39 is 0 Å². The van der Waals surface area contributed by atoms with Crippen molar-refractivity contribution in [1.29, 1.82) is 0 Å². The summed E-state index contributed by atoms with van der Waals surface area (Å²) >= 11 is 0. The Morgan fingerprint density at radius 2 is 1.94 bits per heavy atom. The van der Waals surface area contributed by atoms with Gasteiger partial charge in [0.15, 0.2) is 0 Å². The molecule has 2 aromatic heterocycles. The highest BCUT2D eigenvalue weighted by atomic mass is 16.5. The Balaban J connectivity index is 1.98. The summed E-state index contributed by atoms with van der Waals surface area (Å²) in [5.74, 6) is 1.02. The molecule has 0 aliphatic carbocycles. The second kappa shape index (κ2) is 3.86. The van der Waals surface area contributed by atoms with E-state index >= 15 is 0 Å². The van der Waals surface area contributed by atoms with Gasteiger partial charge in [0.05, 0.1) is 0 Å². The van der Waals surface area contributed by atoms with E-state index in [9.17, 15) is 0 Å². The maximum Gasteiger partial charge on any atom is 0.276 e. The van der Waals surface area contributed by atoms with E-state index in [0.29, 0.717) is 11.7 Å². The SMILES string of the molecule is Cc1ccc(-c2noc(-c3ccn[nH]3)n2)cc1. The lowest BCUT2D eigenvalue weighted by molar-refractivity contribution is 0.431. The lowest BCUT2D eigenvalue weighted by atomic mass is 10.1. The Morgan fingerprint density at radius 3 is 2.65 bits per heavy atom. The van der Waals surface area contributed by atoms with Crippen LogP contribution < -0.4 is 0 Å². The van der Waals surface area contributed by atoms with Crippen LogP contribution in [0.5, 0.6) is 0 Å². The Morgan fingerprint density at radius 1 is 1.12 bits per heavy atom. The summed E-state index contributed by atoms with van der Waals surface area (Å²) in [5.41, 5.74) is 2.85. The van der Waals surface area contributed by atoms with Gasteiger partial charge in [0.1, 0.15) is 5.69 Å². The lowest BCUT2D eigenvalue weighted by Crippen LogP contribution is -1.81. The molecule has 1 aromatic carbocycles. The van der Waals surface area contributed by atoms with Gasteiger partial charge in [0.2, 0.25) is 5.82 Å². The van der Waals surface area contributed by atoms with Crippen LogP contribution in [0.3, 0.4) is 0 Å². The zero-order valence-electron chi connectivity index (χ0n) is 9.21. The van der Waals surface area contributed by atoms with Crippen molar-refractivity contribution < 1.29 is 4.52 Å². The maximum atomic E-state index is 5.16. The predicted octanol–water partition coefficient (Wildman–Crippen LogP) is 2.44. The Kier molecular flexibility index (Phi) is 2.22. The number of aromatic amines is 1. The van der Waals surface area contributed by atoms with Gasteiger partial charge in [0, 0.05) is 11.8 Å². The quantitative estimate of drug-likeness (QED) is 0.728. The summed E-state index contributed by atoms with van der Waals surface area (Å²) in [7, 11) is 0. The number of aryl methyl sites for hydroxylation is 1. The fourth-order valence-corrected chi connectivity index (χ4v) is 1.53. The molecule has 5 heteroatoms.